The summed E-state index contributed by atoms with van der Waals surface area (Å²) >= 11 is 0. The van der Waals surface area contributed by atoms with Gasteiger partial charge in [-0.2, -0.15) is 0 Å². The van der Waals surface area contributed by atoms with Crippen molar-refractivity contribution in [1.82, 2.24) is 9.38 Å². The molecule has 4 rings (SSSR count). The topological polar surface area (TPSA) is 64.9 Å². The summed E-state index contributed by atoms with van der Waals surface area (Å²) < 4.78 is 13.1. The molecule has 0 unspecified atom stereocenters. The number of carbonyl (C=O) groups is 1. The van der Waals surface area contributed by atoms with E-state index in [2.05, 4.69) is 44.3 Å². The van der Waals surface area contributed by atoms with Crippen LogP contribution in [-0.4, -0.2) is 28.0 Å². The van der Waals surface area contributed by atoms with Gasteiger partial charge in [0.15, 0.2) is 0 Å². The van der Waals surface area contributed by atoms with Crippen LogP contribution in [0.15, 0.2) is 72.9 Å². The van der Waals surface area contributed by atoms with E-state index < -0.39 is 0 Å². The zero-order valence-electron chi connectivity index (χ0n) is 22.0. The molecule has 0 saturated carbocycles. The van der Waals surface area contributed by atoms with Crippen LogP contribution >= 0.6 is 0 Å². The third-order valence-corrected chi connectivity index (χ3v) is 5.83. The fourth-order valence-corrected chi connectivity index (χ4v) is 4.81. The second kappa shape index (κ2) is 10.1. The summed E-state index contributed by atoms with van der Waals surface area (Å²) in [7, 11) is 1.62. The van der Waals surface area contributed by atoms with Gasteiger partial charge in [-0.1, -0.05) is 51.1 Å². The maximum atomic E-state index is 12.9. The molecule has 0 radical (unpaired) electrons. The highest BCUT2D eigenvalue weighted by Gasteiger charge is 2.28. The Balaban J connectivity index is 1.67. The van der Waals surface area contributed by atoms with Crippen LogP contribution in [0.4, 0.5) is 5.82 Å². The number of aromatic nitrogens is 2. The summed E-state index contributed by atoms with van der Waals surface area (Å²) in [4.78, 5) is 17.8. The van der Waals surface area contributed by atoms with E-state index in [-0.39, 0.29) is 23.3 Å². The van der Waals surface area contributed by atoms with Gasteiger partial charge in [0.05, 0.1) is 13.5 Å². The Kier molecular flexibility index (Phi) is 7.07. The molecular weight excluding hydrogens is 450 g/mol. The predicted molar refractivity (Wildman–Crippen MR) is 145 cm³/mol. The molecule has 188 valence electrons. The van der Waals surface area contributed by atoms with E-state index >= 15 is 0 Å². The number of nitrogens with one attached hydrogen (secondary N) is 1. The number of pyridine rings is 1. The number of rotatable bonds is 8. The van der Waals surface area contributed by atoms with Crippen molar-refractivity contribution in [2.45, 2.75) is 53.0 Å². The zero-order valence-corrected chi connectivity index (χ0v) is 22.0. The molecule has 0 amide bonds. The van der Waals surface area contributed by atoms with E-state index in [4.69, 9.17) is 14.5 Å². The van der Waals surface area contributed by atoms with E-state index in [0.29, 0.717) is 5.75 Å². The Morgan fingerprint density at radius 1 is 0.944 bits per heavy atom. The van der Waals surface area contributed by atoms with Crippen LogP contribution in [-0.2, 0) is 11.2 Å². The molecule has 0 saturated heterocycles. The van der Waals surface area contributed by atoms with E-state index in [1.54, 1.807) is 7.11 Å². The number of esters is 1. The molecule has 0 fully saturated rings. The molecule has 0 spiro atoms. The Hall–Kier alpha value is -3.80. The van der Waals surface area contributed by atoms with E-state index in [9.17, 15) is 4.79 Å². The summed E-state index contributed by atoms with van der Waals surface area (Å²) in [5.41, 5.74) is 3.14. The lowest BCUT2D eigenvalue weighted by molar-refractivity contribution is -0.133. The van der Waals surface area contributed by atoms with Crippen LogP contribution in [0.1, 0.15) is 46.6 Å². The number of methoxy groups -OCH3 is 1. The largest absolute Gasteiger partial charge is 0.497 e. The van der Waals surface area contributed by atoms with Gasteiger partial charge < -0.3 is 14.8 Å². The van der Waals surface area contributed by atoms with Crippen molar-refractivity contribution in [1.29, 1.82) is 0 Å². The maximum absolute atomic E-state index is 12.9. The third kappa shape index (κ3) is 6.06. The molecule has 6 nitrogen and oxygen atoms in total. The molecule has 1 N–H and O–H groups in total. The zero-order chi connectivity index (χ0) is 25.9. The molecule has 0 aliphatic carbocycles. The highest BCUT2D eigenvalue weighted by atomic mass is 16.5. The van der Waals surface area contributed by atoms with Gasteiger partial charge in [0.2, 0.25) is 0 Å². The molecule has 2 aromatic carbocycles. The molecule has 4 aromatic rings. The van der Waals surface area contributed by atoms with Crippen molar-refractivity contribution in [3.05, 3.63) is 78.5 Å². The average Bonchev–Trinajstić information content (AvgIpc) is 3.16. The summed E-state index contributed by atoms with van der Waals surface area (Å²) in [5, 5.41) is 3.74. The molecule has 2 aromatic heterocycles. The molecular formula is C30H35N3O3. The first-order valence-electron chi connectivity index (χ1n) is 12.2. The number of para-hydroxylation sites is 1. The summed E-state index contributed by atoms with van der Waals surface area (Å²) in [5.74, 6) is 1.77. The number of hydrogen-bond donors (Lipinski definition) is 1. The van der Waals surface area contributed by atoms with Crippen LogP contribution in [0.3, 0.4) is 0 Å². The molecule has 0 aliphatic heterocycles. The summed E-state index contributed by atoms with van der Waals surface area (Å²) in [6.45, 7) is 11.1. The number of ether oxygens (including phenoxy) is 2. The number of anilines is 1. The minimum atomic E-state index is -0.334. The Bertz CT molecular complexity index is 1350. The molecule has 0 atom stereocenters. The average molecular weight is 486 g/mol. The lowest BCUT2D eigenvalue weighted by Crippen LogP contribution is -2.36. The normalized spacial score (nSPS) is 11.9. The third-order valence-electron chi connectivity index (χ3n) is 5.83. The number of carbonyl (C=O) groups excluding carboxylic acids is 1. The van der Waals surface area contributed by atoms with Crippen molar-refractivity contribution in [3.8, 4) is 22.8 Å². The Morgan fingerprint density at radius 3 is 2.33 bits per heavy atom. The Morgan fingerprint density at radius 2 is 1.64 bits per heavy atom. The fraction of sp³-hybridized carbons (Fsp3) is 0.333. The first kappa shape index (κ1) is 25.3. The van der Waals surface area contributed by atoms with Crippen LogP contribution in [0.2, 0.25) is 0 Å². The first-order valence-corrected chi connectivity index (χ1v) is 12.2. The summed E-state index contributed by atoms with van der Waals surface area (Å²) in [6.07, 6.45) is 3.12. The highest BCUT2D eigenvalue weighted by molar-refractivity contribution is 5.84. The van der Waals surface area contributed by atoms with Crippen LogP contribution < -0.4 is 14.8 Å². The lowest BCUT2D eigenvalue weighted by atomic mass is 9.82. The quantitative estimate of drug-likeness (QED) is 0.220. The monoisotopic (exact) mass is 485 g/mol. The van der Waals surface area contributed by atoms with Gasteiger partial charge in [0.25, 0.3) is 0 Å². The van der Waals surface area contributed by atoms with Gasteiger partial charge in [0.1, 0.15) is 28.7 Å². The number of hydrogen-bond acceptors (Lipinski definition) is 5. The van der Waals surface area contributed by atoms with Crippen LogP contribution in [0.5, 0.6) is 11.5 Å². The second-order valence-electron chi connectivity index (χ2n) is 11.0. The lowest BCUT2D eigenvalue weighted by Gasteiger charge is -2.34. The van der Waals surface area contributed by atoms with E-state index in [0.717, 1.165) is 40.5 Å². The van der Waals surface area contributed by atoms with Gasteiger partial charge in [-0.05, 0) is 67.6 Å². The van der Waals surface area contributed by atoms with Crippen molar-refractivity contribution < 1.29 is 14.3 Å². The minimum absolute atomic E-state index is 0.145. The van der Waals surface area contributed by atoms with Crippen molar-refractivity contribution in [3.63, 3.8) is 0 Å². The van der Waals surface area contributed by atoms with Crippen LogP contribution in [0.25, 0.3) is 16.9 Å². The van der Waals surface area contributed by atoms with E-state index in [1.807, 2.05) is 72.9 Å². The number of benzene rings is 2. The SMILES string of the molecule is COc1ccc(CC(=O)Oc2ccccc2-c2nc3ccccn3c2NC(C)(C)CC(C)(C)C)cc1. The van der Waals surface area contributed by atoms with Crippen molar-refractivity contribution in [2.75, 3.05) is 12.4 Å². The standard InChI is InChI=1S/C30H35N3O3/c1-29(2,3)20-30(4,5)32-28-27(31-25-13-9-10-18-33(25)28)23-11-7-8-12-24(23)36-26(34)19-21-14-16-22(35-6)17-15-21/h7-18,32H,19-20H2,1-6H3. The maximum Gasteiger partial charge on any atom is 0.315 e. The second-order valence-corrected chi connectivity index (χ2v) is 11.0. The first-order chi connectivity index (χ1) is 17.0. The highest BCUT2D eigenvalue weighted by Crippen LogP contribution is 2.38. The molecule has 2 heterocycles. The van der Waals surface area contributed by atoms with Gasteiger partial charge in [0, 0.05) is 17.3 Å². The summed E-state index contributed by atoms with van der Waals surface area (Å²) in [6, 6.07) is 20.9. The molecule has 0 bridgehead atoms. The van der Waals surface area contributed by atoms with Crippen LogP contribution in [0, 0.1) is 5.41 Å². The number of nitrogens with zero attached hydrogens (tertiary/aromatic N) is 2. The number of imidazole rings is 1. The van der Waals surface area contributed by atoms with Gasteiger partial charge in [-0.15, -0.1) is 0 Å². The molecule has 36 heavy (non-hydrogen) atoms. The van der Waals surface area contributed by atoms with Gasteiger partial charge in [-0.3, -0.25) is 9.20 Å². The fourth-order valence-electron chi connectivity index (χ4n) is 4.81. The van der Waals surface area contributed by atoms with E-state index in [1.165, 1.54) is 0 Å². The predicted octanol–water partition coefficient (Wildman–Crippen LogP) is 6.78. The minimum Gasteiger partial charge on any atom is -0.497 e. The van der Waals surface area contributed by atoms with Gasteiger partial charge in [-0.25, -0.2) is 4.98 Å². The Labute approximate surface area is 213 Å². The molecule has 0 aliphatic rings. The number of fused-ring (bicyclic) bond motifs is 1. The van der Waals surface area contributed by atoms with Gasteiger partial charge >= 0.3 is 5.97 Å². The van der Waals surface area contributed by atoms with Crippen molar-refractivity contribution >= 4 is 17.4 Å². The molecule has 6 heteroatoms. The smallest absolute Gasteiger partial charge is 0.315 e. The van der Waals surface area contributed by atoms with Crippen molar-refractivity contribution in [2.24, 2.45) is 5.41 Å².